The Kier molecular flexibility index (Phi) is 5.82. The first-order valence-electron chi connectivity index (χ1n) is 8.62. The molecule has 1 N–H and O–H groups in total. The lowest BCUT2D eigenvalue weighted by molar-refractivity contribution is -0.384. The first-order valence-corrected chi connectivity index (χ1v) is 9.00. The number of carbonyl (C=O) groups is 2. The van der Waals surface area contributed by atoms with Gasteiger partial charge in [0.05, 0.1) is 23.1 Å². The summed E-state index contributed by atoms with van der Waals surface area (Å²) in [4.78, 5) is 36.2. The Labute approximate surface area is 175 Å². The average molecular weight is 428 g/mol. The highest BCUT2D eigenvalue weighted by atomic mass is 35.5. The smallest absolute Gasteiger partial charge is 0.271 e. The number of imide groups is 1. The molecule has 30 heavy (non-hydrogen) atoms. The Morgan fingerprint density at radius 2 is 2.03 bits per heavy atom. The fourth-order valence-corrected chi connectivity index (χ4v) is 3.18. The summed E-state index contributed by atoms with van der Waals surface area (Å²) in [5.41, 5.74) is 0.178. The number of hydrogen-bond donors (Lipinski definition) is 1. The molecule has 10 heteroatoms. The highest BCUT2D eigenvalue weighted by Gasteiger charge is 2.35. The number of amides is 2. The van der Waals surface area contributed by atoms with Crippen LogP contribution in [0.2, 0.25) is 5.02 Å². The van der Waals surface area contributed by atoms with Gasteiger partial charge in [0, 0.05) is 23.3 Å². The maximum atomic E-state index is 12.7. The minimum Gasteiger partial charge on any atom is -0.457 e. The fourth-order valence-electron chi connectivity index (χ4n) is 2.97. The van der Waals surface area contributed by atoms with Crippen LogP contribution in [0.5, 0.6) is 0 Å². The van der Waals surface area contributed by atoms with Crippen LogP contribution in [0.1, 0.15) is 12.7 Å². The highest BCUT2D eigenvalue weighted by molar-refractivity contribution is 6.33. The lowest BCUT2D eigenvalue weighted by atomic mass is 9.95. The molecule has 0 saturated carbocycles. The van der Waals surface area contributed by atoms with Gasteiger partial charge in [0.15, 0.2) is 0 Å². The largest absolute Gasteiger partial charge is 0.457 e. The van der Waals surface area contributed by atoms with Crippen molar-refractivity contribution >= 4 is 35.2 Å². The number of nitro groups is 1. The van der Waals surface area contributed by atoms with E-state index >= 15 is 0 Å². The molecule has 3 rings (SSSR count). The Morgan fingerprint density at radius 1 is 1.30 bits per heavy atom. The van der Waals surface area contributed by atoms with Gasteiger partial charge in [0.2, 0.25) is 0 Å². The summed E-state index contributed by atoms with van der Waals surface area (Å²) in [7, 11) is 0. The number of aliphatic hydroxyl groups is 1. The zero-order valence-electron chi connectivity index (χ0n) is 15.6. The Hall–Kier alpha value is -3.74. The average Bonchev–Trinajstić information content (AvgIpc) is 3.17. The van der Waals surface area contributed by atoms with E-state index in [0.717, 1.165) is 4.90 Å². The van der Waals surface area contributed by atoms with E-state index in [1.807, 2.05) is 0 Å². The second-order valence-electron chi connectivity index (χ2n) is 6.28. The maximum absolute atomic E-state index is 12.7. The Balaban J connectivity index is 2.05. The van der Waals surface area contributed by atoms with Crippen LogP contribution in [-0.4, -0.2) is 39.9 Å². The topological polar surface area (TPSA) is 138 Å². The summed E-state index contributed by atoms with van der Waals surface area (Å²) in [5.74, 6) is -0.985. The lowest BCUT2D eigenvalue weighted by Crippen LogP contribution is -2.44. The summed E-state index contributed by atoms with van der Waals surface area (Å²) < 4.78 is 5.68. The van der Waals surface area contributed by atoms with E-state index in [2.05, 4.69) is 0 Å². The van der Waals surface area contributed by atoms with Crippen molar-refractivity contribution in [3.05, 3.63) is 67.9 Å². The molecule has 0 radical (unpaired) electrons. The predicted molar refractivity (Wildman–Crippen MR) is 106 cm³/mol. The number of halogens is 1. The van der Waals surface area contributed by atoms with Gasteiger partial charge in [0.1, 0.15) is 23.2 Å². The molecule has 0 saturated heterocycles. The number of non-ortho nitro benzene ring substituents is 1. The first-order chi connectivity index (χ1) is 14.3. The van der Waals surface area contributed by atoms with Gasteiger partial charge in [-0.15, -0.1) is 0 Å². The quantitative estimate of drug-likeness (QED) is 0.335. The maximum Gasteiger partial charge on any atom is 0.271 e. The number of nitriles is 1. The van der Waals surface area contributed by atoms with Crippen LogP contribution in [0.25, 0.3) is 17.4 Å². The van der Waals surface area contributed by atoms with E-state index in [9.17, 15) is 25.0 Å². The number of benzene rings is 1. The van der Waals surface area contributed by atoms with Crippen molar-refractivity contribution < 1.29 is 24.0 Å². The first kappa shape index (κ1) is 21.0. The molecule has 0 fully saturated rings. The van der Waals surface area contributed by atoms with Crippen molar-refractivity contribution in [2.24, 2.45) is 0 Å². The zero-order valence-corrected chi connectivity index (χ0v) is 16.3. The summed E-state index contributed by atoms with van der Waals surface area (Å²) in [6.07, 6.45) is 1.36. The number of carbonyl (C=O) groups excluding carboxylic acids is 2. The summed E-state index contributed by atoms with van der Waals surface area (Å²) >= 11 is 6.13. The number of nitrogens with zero attached hydrogens (tertiary/aromatic N) is 3. The van der Waals surface area contributed by atoms with E-state index in [0.29, 0.717) is 5.56 Å². The molecule has 2 amide bonds. The summed E-state index contributed by atoms with van der Waals surface area (Å²) in [5, 5.41) is 29.7. The van der Waals surface area contributed by atoms with E-state index in [-0.39, 0.29) is 45.5 Å². The molecule has 0 bridgehead atoms. The minimum absolute atomic E-state index is 0.0608. The Bertz CT molecular complexity index is 1170. The van der Waals surface area contributed by atoms with E-state index in [1.54, 1.807) is 6.07 Å². The van der Waals surface area contributed by atoms with Crippen molar-refractivity contribution in [1.29, 1.82) is 5.26 Å². The molecular formula is C20H14ClN3O6. The van der Waals surface area contributed by atoms with E-state index in [4.69, 9.17) is 21.1 Å². The second kappa shape index (κ2) is 8.32. The SMILES string of the molecule is CC1=C(C#N)C(=O)N(CCO)C(=O)/C1=C/c1ccc(-c2cc([N+](=O)[O-])ccc2Cl)o1. The van der Waals surface area contributed by atoms with Crippen LogP contribution in [0.4, 0.5) is 5.69 Å². The van der Waals surface area contributed by atoms with Crippen LogP contribution >= 0.6 is 11.6 Å². The van der Waals surface area contributed by atoms with Crippen molar-refractivity contribution in [1.82, 2.24) is 4.90 Å². The minimum atomic E-state index is -0.769. The standard InChI is InChI=1S/C20H14ClN3O6/c1-11-14(19(26)23(6-7-25)20(27)16(11)10-22)9-13-3-5-18(30-13)15-8-12(24(28)29)2-4-17(15)21/h2-5,8-9,25H,6-7H2,1H3/b14-9+. The second-order valence-corrected chi connectivity index (χ2v) is 6.69. The van der Waals surface area contributed by atoms with Crippen LogP contribution in [0.15, 0.2) is 51.5 Å². The highest BCUT2D eigenvalue weighted by Crippen LogP contribution is 2.34. The molecule has 1 aromatic heterocycles. The van der Waals surface area contributed by atoms with Crippen LogP contribution < -0.4 is 0 Å². The van der Waals surface area contributed by atoms with Crippen molar-refractivity contribution in [2.75, 3.05) is 13.2 Å². The van der Waals surface area contributed by atoms with E-state index < -0.39 is 23.3 Å². The van der Waals surface area contributed by atoms with Crippen molar-refractivity contribution in [3.8, 4) is 17.4 Å². The summed E-state index contributed by atoms with van der Waals surface area (Å²) in [6, 6.07) is 8.76. The van der Waals surface area contributed by atoms with Crippen LogP contribution in [0.3, 0.4) is 0 Å². The number of β-amino-alcohol motifs (C(OH)–C–C–N with tert-alkyl or cyclic N) is 1. The molecule has 2 heterocycles. The molecule has 1 aromatic carbocycles. The van der Waals surface area contributed by atoms with Gasteiger partial charge in [0.25, 0.3) is 17.5 Å². The molecule has 1 aliphatic rings. The number of rotatable bonds is 5. The molecule has 0 atom stereocenters. The van der Waals surface area contributed by atoms with Gasteiger partial charge in [-0.2, -0.15) is 5.26 Å². The third-order valence-electron chi connectivity index (χ3n) is 4.49. The Morgan fingerprint density at radius 3 is 2.67 bits per heavy atom. The third kappa shape index (κ3) is 3.74. The van der Waals surface area contributed by atoms with Gasteiger partial charge in [-0.05, 0) is 36.8 Å². The molecule has 0 unspecified atom stereocenters. The lowest BCUT2D eigenvalue weighted by Gasteiger charge is -2.26. The van der Waals surface area contributed by atoms with Crippen LogP contribution in [-0.2, 0) is 9.59 Å². The van der Waals surface area contributed by atoms with E-state index in [1.165, 1.54) is 43.3 Å². The molecule has 9 nitrogen and oxygen atoms in total. The number of nitro benzene ring substituents is 1. The fraction of sp³-hybridized carbons (Fsp3) is 0.150. The number of furan rings is 1. The third-order valence-corrected chi connectivity index (χ3v) is 4.82. The number of hydrogen-bond acceptors (Lipinski definition) is 7. The van der Waals surface area contributed by atoms with Gasteiger partial charge < -0.3 is 9.52 Å². The molecule has 0 aliphatic carbocycles. The molecule has 2 aromatic rings. The normalized spacial score (nSPS) is 15.7. The van der Waals surface area contributed by atoms with Gasteiger partial charge in [-0.25, -0.2) is 0 Å². The zero-order chi connectivity index (χ0) is 22.0. The predicted octanol–water partition coefficient (Wildman–Crippen LogP) is 3.09. The van der Waals surface area contributed by atoms with Crippen LogP contribution in [0, 0.1) is 21.4 Å². The molecule has 0 spiro atoms. The van der Waals surface area contributed by atoms with Crippen molar-refractivity contribution in [2.45, 2.75) is 6.92 Å². The molecular weight excluding hydrogens is 414 g/mol. The van der Waals surface area contributed by atoms with Gasteiger partial charge in [-0.3, -0.25) is 24.6 Å². The summed E-state index contributed by atoms with van der Waals surface area (Å²) in [6.45, 7) is 0.774. The van der Waals surface area contributed by atoms with Gasteiger partial charge >= 0.3 is 0 Å². The molecule has 1 aliphatic heterocycles. The van der Waals surface area contributed by atoms with Crippen molar-refractivity contribution in [3.63, 3.8) is 0 Å². The van der Waals surface area contributed by atoms with Gasteiger partial charge in [-0.1, -0.05) is 11.6 Å². The monoisotopic (exact) mass is 427 g/mol. The molecule has 152 valence electrons. The number of aliphatic hydroxyl groups excluding tert-OH is 1.